The highest BCUT2D eigenvalue weighted by molar-refractivity contribution is 5.81. The molecule has 0 spiro atoms. The minimum Gasteiger partial charge on any atom is -0.353 e. The van der Waals surface area contributed by atoms with Crippen molar-refractivity contribution in [3.8, 4) is 0 Å². The minimum atomic E-state index is -0.163. The summed E-state index contributed by atoms with van der Waals surface area (Å²) in [6.45, 7) is 5.39. The smallest absolute Gasteiger partial charge is 0.234 e. The SMILES string of the molecule is CC(=O)CCc1cn(CCNC(=O)CN(C)CC(=O)NCCn2cnc(CCC(C)=O)c2)cn1. The zero-order valence-electron chi connectivity index (χ0n) is 20.2. The Morgan fingerprint density at radius 3 is 1.59 bits per heavy atom. The number of carbonyl (C=O) groups is 4. The van der Waals surface area contributed by atoms with Crippen molar-refractivity contribution in [3.63, 3.8) is 0 Å². The van der Waals surface area contributed by atoms with E-state index >= 15 is 0 Å². The van der Waals surface area contributed by atoms with Crippen molar-refractivity contribution < 1.29 is 19.2 Å². The summed E-state index contributed by atoms with van der Waals surface area (Å²) >= 11 is 0. The van der Waals surface area contributed by atoms with Gasteiger partial charge in [0, 0.05) is 51.4 Å². The van der Waals surface area contributed by atoms with Gasteiger partial charge in [-0.2, -0.15) is 0 Å². The van der Waals surface area contributed by atoms with Gasteiger partial charge >= 0.3 is 0 Å². The highest BCUT2D eigenvalue weighted by Gasteiger charge is 2.11. The summed E-state index contributed by atoms with van der Waals surface area (Å²) in [5, 5.41) is 5.67. The molecule has 0 aliphatic heterocycles. The Kier molecular flexibility index (Phi) is 11.1. The van der Waals surface area contributed by atoms with Crippen molar-refractivity contribution >= 4 is 23.4 Å². The van der Waals surface area contributed by atoms with E-state index in [0.717, 1.165) is 11.4 Å². The Morgan fingerprint density at radius 2 is 1.21 bits per heavy atom. The average Bonchev–Trinajstić information content (AvgIpc) is 3.40. The summed E-state index contributed by atoms with van der Waals surface area (Å²) in [5.74, 6) is -0.0600. The van der Waals surface area contributed by atoms with Crippen molar-refractivity contribution in [3.05, 3.63) is 36.4 Å². The van der Waals surface area contributed by atoms with Gasteiger partial charge < -0.3 is 29.4 Å². The largest absolute Gasteiger partial charge is 0.353 e. The van der Waals surface area contributed by atoms with Crippen LogP contribution >= 0.6 is 0 Å². The third kappa shape index (κ3) is 11.0. The van der Waals surface area contributed by atoms with Gasteiger partial charge in [-0.05, 0) is 33.7 Å². The summed E-state index contributed by atoms with van der Waals surface area (Å²) < 4.78 is 3.75. The van der Waals surface area contributed by atoms with Crippen LogP contribution in [-0.4, -0.2) is 80.6 Å². The summed E-state index contributed by atoms with van der Waals surface area (Å²) in [6, 6.07) is 0. The number of rotatable bonds is 16. The number of aryl methyl sites for hydroxylation is 2. The van der Waals surface area contributed by atoms with E-state index in [1.165, 1.54) is 0 Å². The molecule has 2 heterocycles. The summed E-state index contributed by atoms with van der Waals surface area (Å²) in [6.07, 6.45) is 9.31. The predicted molar refractivity (Wildman–Crippen MR) is 126 cm³/mol. The lowest BCUT2D eigenvalue weighted by molar-refractivity contribution is -0.124. The molecule has 0 saturated carbocycles. The van der Waals surface area contributed by atoms with E-state index in [0.29, 0.717) is 51.9 Å². The van der Waals surface area contributed by atoms with Crippen LogP contribution in [0.5, 0.6) is 0 Å². The molecule has 34 heavy (non-hydrogen) atoms. The molecule has 186 valence electrons. The van der Waals surface area contributed by atoms with Crippen LogP contribution in [0.3, 0.4) is 0 Å². The maximum Gasteiger partial charge on any atom is 0.234 e. The number of nitrogens with one attached hydrogen (secondary N) is 2. The van der Waals surface area contributed by atoms with Gasteiger partial charge in [0.05, 0.1) is 37.1 Å². The van der Waals surface area contributed by atoms with Gasteiger partial charge in [-0.3, -0.25) is 14.5 Å². The Balaban J connectivity index is 1.57. The fourth-order valence-electron chi connectivity index (χ4n) is 3.23. The number of hydrogen-bond acceptors (Lipinski definition) is 7. The van der Waals surface area contributed by atoms with Crippen molar-refractivity contribution in [1.82, 2.24) is 34.6 Å². The Hall–Kier alpha value is -3.34. The molecule has 2 aromatic heterocycles. The molecule has 0 unspecified atom stereocenters. The first kappa shape index (κ1) is 26.9. The Labute approximate surface area is 199 Å². The molecule has 11 heteroatoms. The number of hydrogen-bond donors (Lipinski definition) is 2. The third-order valence-electron chi connectivity index (χ3n) is 5.05. The van der Waals surface area contributed by atoms with E-state index in [-0.39, 0.29) is 36.5 Å². The Bertz CT molecular complexity index is 890. The van der Waals surface area contributed by atoms with Crippen LogP contribution in [0.1, 0.15) is 38.1 Å². The zero-order valence-corrected chi connectivity index (χ0v) is 20.2. The molecule has 0 aliphatic carbocycles. The van der Waals surface area contributed by atoms with Crippen molar-refractivity contribution in [1.29, 1.82) is 0 Å². The normalized spacial score (nSPS) is 10.9. The molecule has 0 fully saturated rings. The molecule has 0 aliphatic rings. The first-order chi connectivity index (χ1) is 16.2. The first-order valence-corrected chi connectivity index (χ1v) is 11.4. The van der Waals surface area contributed by atoms with Gasteiger partial charge in [-0.25, -0.2) is 9.97 Å². The lowest BCUT2D eigenvalue weighted by Crippen LogP contribution is -2.42. The Morgan fingerprint density at radius 1 is 0.794 bits per heavy atom. The minimum absolute atomic E-state index is 0.113. The molecular weight excluding hydrogens is 438 g/mol. The molecule has 0 aromatic carbocycles. The fraction of sp³-hybridized carbons (Fsp3) is 0.565. The molecule has 2 aromatic rings. The molecular formula is C23H35N7O4. The maximum absolute atomic E-state index is 12.1. The second-order valence-corrected chi connectivity index (χ2v) is 8.48. The second kappa shape index (κ2) is 14.0. The number of likely N-dealkylation sites (N-methyl/N-ethyl adjacent to an activating group) is 1. The van der Waals surface area contributed by atoms with Crippen LogP contribution in [0.2, 0.25) is 0 Å². The van der Waals surface area contributed by atoms with Crippen molar-refractivity contribution in [2.75, 3.05) is 33.2 Å². The van der Waals surface area contributed by atoms with Gasteiger partial charge in [-0.1, -0.05) is 0 Å². The van der Waals surface area contributed by atoms with Crippen LogP contribution < -0.4 is 10.6 Å². The molecule has 11 nitrogen and oxygen atoms in total. The quantitative estimate of drug-likeness (QED) is 0.350. The number of Topliss-reactive ketones (excluding diaryl/α,β-unsaturated/α-hetero) is 2. The van der Waals surface area contributed by atoms with Crippen LogP contribution in [-0.2, 0) is 45.1 Å². The molecule has 2 rings (SSSR count). The summed E-state index contributed by atoms with van der Waals surface area (Å²) in [4.78, 5) is 56.5. The van der Waals surface area contributed by atoms with Crippen LogP contribution in [0.25, 0.3) is 0 Å². The van der Waals surface area contributed by atoms with Gasteiger partial charge in [0.2, 0.25) is 11.8 Å². The molecule has 0 bridgehead atoms. The van der Waals surface area contributed by atoms with Gasteiger partial charge in [0.15, 0.2) is 0 Å². The van der Waals surface area contributed by atoms with Crippen molar-refractivity contribution in [2.45, 2.75) is 52.6 Å². The van der Waals surface area contributed by atoms with E-state index in [4.69, 9.17) is 0 Å². The van der Waals surface area contributed by atoms with Gasteiger partial charge in [-0.15, -0.1) is 0 Å². The topological polar surface area (TPSA) is 131 Å². The second-order valence-electron chi connectivity index (χ2n) is 8.48. The van der Waals surface area contributed by atoms with Crippen molar-refractivity contribution in [2.24, 2.45) is 0 Å². The number of aromatic nitrogens is 4. The monoisotopic (exact) mass is 473 g/mol. The highest BCUT2D eigenvalue weighted by atomic mass is 16.2. The molecule has 0 atom stereocenters. The number of carbonyl (C=O) groups excluding carboxylic acids is 4. The van der Waals surface area contributed by atoms with E-state index in [1.807, 2.05) is 21.5 Å². The van der Waals surface area contributed by atoms with Crippen LogP contribution in [0.4, 0.5) is 0 Å². The van der Waals surface area contributed by atoms with E-state index < -0.39 is 0 Å². The molecule has 0 radical (unpaired) electrons. The maximum atomic E-state index is 12.1. The molecule has 2 amide bonds. The van der Waals surface area contributed by atoms with Gasteiger partial charge in [0.25, 0.3) is 0 Å². The predicted octanol–water partition coefficient (Wildman–Crippen LogP) is -0.0128. The first-order valence-electron chi connectivity index (χ1n) is 11.4. The summed E-state index contributed by atoms with van der Waals surface area (Å²) in [7, 11) is 1.72. The summed E-state index contributed by atoms with van der Waals surface area (Å²) in [5.41, 5.74) is 1.71. The van der Waals surface area contributed by atoms with E-state index in [9.17, 15) is 19.2 Å². The standard InChI is InChI=1S/C23H35N7O4/c1-18(31)4-6-20-12-29(16-26-20)10-8-24-22(33)14-28(3)15-23(34)25-9-11-30-13-21(27-17-30)7-5-19(2)32/h12-13,16-17H,4-11,14-15H2,1-3H3,(H,24,33)(H,25,34). The number of imidazole rings is 2. The number of ketones is 2. The molecule has 2 N–H and O–H groups in total. The zero-order chi connectivity index (χ0) is 24.9. The van der Waals surface area contributed by atoms with E-state index in [2.05, 4.69) is 20.6 Å². The number of nitrogens with zero attached hydrogens (tertiary/aromatic N) is 5. The van der Waals surface area contributed by atoms with Gasteiger partial charge in [0.1, 0.15) is 11.6 Å². The average molecular weight is 474 g/mol. The molecule has 0 saturated heterocycles. The lowest BCUT2D eigenvalue weighted by Gasteiger charge is -2.16. The highest BCUT2D eigenvalue weighted by Crippen LogP contribution is 2.01. The third-order valence-corrected chi connectivity index (χ3v) is 5.05. The lowest BCUT2D eigenvalue weighted by atomic mass is 10.2. The fourth-order valence-corrected chi connectivity index (χ4v) is 3.23. The van der Waals surface area contributed by atoms with Crippen LogP contribution in [0.15, 0.2) is 25.0 Å². The number of amides is 2. The van der Waals surface area contributed by atoms with Crippen LogP contribution in [0, 0.1) is 0 Å². The van der Waals surface area contributed by atoms with E-state index in [1.54, 1.807) is 38.4 Å².